The van der Waals surface area contributed by atoms with Crippen molar-refractivity contribution in [3.8, 4) is 33.4 Å². The number of hydrogen-bond donors (Lipinski definition) is 0. The van der Waals surface area contributed by atoms with Gasteiger partial charge in [-0.3, -0.25) is 0 Å². The molecule has 11 aromatic rings. The van der Waals surface area contributed by atoms with E-state index in [9.17, 15) is 5.48 Å². The van der Waals surface area contributed by atoms with E-state index in [1.54, 1.807) is 0 Å². The first-order valence-corrected chi connectivity index (χ1v) is 19.3. The summed E-state index contributed by atoms with van der Waals surface area (Å²) in [6, 6.07) is 68.2. The summed E-state index contributed by atoms with van der Waals surface area (Å²) in [4.78, 5) is 1.87. The molecule has 0 aliphatic carbocycles. The molecule has 0 saturated heterocycles. The number of nitrogens with zero attached hydrogens (tertiary/aromatic N) is 1. The fourth-order valence-corrected chi connectivity index (χ4v) is 8.48. The van der Waals surface area contributed by atoms with E-state index in [0.717, 1.165) is 65.9 Å². The second-order valence-electron chi connectivity index (χ2n) is 14.6. The molecule has 11 aromatic carbocycles. The molecule has 1 nitrogen and oxygen atoms in total. The predicted molar refractivity (Wildman–Crippen MR) is 245 cm³/mol. The highest BCUT2D eigenvalue weighted by molar-refractivity contribution is 6.15. The minimum absolute atomic E-state index is 0.0882. The Morgan fingerprint density at radius 1 is 0.263 bits per heavy atom. The third kappa shape index (κ3) is 5.80. The van der Waals surface area contributed by atoms with E-state index < -0.39 is 0 Å². The van der Waals surface area contributed by atoms with Crippen LogP contribution in [0.15, 0.2) is 224 Å². The molecule has 0 N–H and O–H groups in total. The number of rotatable bonds is 6. The molecule has 0 bridgehead atoms. The fourth-order valence-electron chi connectivity index (χ4n) is 8.48. The molecule has 0 unspecified atom stereocenters. The largest absolute Gasteiger partial charge is 0.311 e. The van der Waals surface area contributed by atoms with Crippen LogP contribution in [0.1, 0.15) is 5.48 Å². The first-order chi connectivity index (χ1) is 29.9. The Labute approximate surface area is 338 Å². The summed E-state index contributed by atoms with van der Waals surface area (Å²) in [5.41, 5.74) is 6.85. The van der Waals surface area contributed by atoms with Crippen molar-refractivity contribution >= 4 is 70.9 Å². The first-order valence-electron chi connectivity index (χ1n) is 21.3. The van der Waals surface area contributed by atoms with Crippen LogP contribution >= 0.6 is 0 Å². The van der Waals surface area contributed by atoms with Crippen LogP contribution in [0.2, 0.25) is 0 Å². The van der Waals surface area contributed by atoms with Gasteiger partial charge in [-0.25, -0.2) is 0 Å². The van der Waals surface area contributed by atoms with Crippen LogP contribution in [0.25, 0.3) is 87.2 Å². The Kier molecular flexibility index (Phi) is 6.93. The predicted octanol–water partition coefficient (Wildman–Crippen LogP) is 15.9. The lowest BCUT2D eigenvalue weighted by atomic mass is 9.93. The highest BCUT2D eigenvalue weighted by atomic mass is 15.1. The minimum Gasteiger partial charge on any atom is -0.311 e. The quantitative estimate of drug-likeness (QED) is 0.154. The van der Waals surface area contributed by atoms with E-state index in [1.807, 2.05) is 71.6 Å². The lowest BCUT2D eigenvalue weighted by molar-refractivity contribution is 1.28. The van der Waals surface area contributed by atoms with Gasteiger partial charge in [0.25, 0.3) is 0 Å². The van der Waals surface area contributed by atoms with E-state index in [4.69, 9.17) is 0 Å². The van der Waals surface area contributed by atoms with Gasteiger partial charge in [-0.2, -0.15) is 0 Å². The van der Waals surface area contributed by atoms with E-state index in [1.165, 1.54) is 21.5 Å². The van der Waals surface area contributed by atoms with Crippen LogP contribution in [-0.4, -0.2) is 0 Å². The number of fused-ring (bicyclic) bond motifs is 7. The van der Waals surface area contributed by atoms with Crippen LogP contribution in [0.4, 0.5) is 17.1 Å². The highest BCUT2D eigenvalue weighted by Gasteiger charge is 2.16. The molecule has 1 heteroatoms. The molecule has 11 rings (SSSR count). The smallest absolute Gasteiger partial charge is 0.0645 e. The lowest BCUT2D eigenvalue weighted by Crippen LogP contribution is -2.09. The van der Waals surface area contributed by atoms with Crippen molar-refractivity contribution in [2.75, 3.05) is 4.90 Å². The van der Waals surface area contributed by atoms with Crippen LogP contribution < -0.4 is 4.90 Å². The summed E-state index contributed by atoms with van der Waals surface area (Å²) in [7, 11) is 0. The van der Waals surface area contributed by atoms with Gasteiger partial charge in [0.1, 0.15) is 0 Å². The zero-order valence-electron chi connectivity index (χ0n) is 35.0. The molecular formula is C56H37N. The van der Waals surface area contributed by atoms with Gasteiger partial charge in [0, 0.05) is 17.1 Å². The number of hydrogen-bond acceptors (Lipinski definition) is 1. The topological polar surface area (TPSA) is 3.24 Å². The molecule has 266 valence electrons. The summed E-state index contributed by atoms with van der Waals surface area (Å²) in [6.07, 6.45) is 0. The third-order valence-corrected chi connectivity index (χ3v) is 11.3. The zero-order valence-corrected chi connectivity index (χ0v) is 31.0. The molecule has 0 spiro atoms. The standard InChI is InChI=1S/C56H37N/c1-2-12-42-35-43(22-21-38(42)11-1)39-23-29-46(30-24-39)57(47-31-25-40(26-32-47)55-36-44-13-3-5-15-49(44)51-17-7-9-19-53(51)55)48-33-27-41(28-34-48)56-37-45-14-4-6-16-50(45)52-18-8-10-20-54(52)56/h1-37H/i23D,24D,29D,30D. The van der Waals surface area contributed by atoms with Gasteiger partial charge in [-0.1, -0.05) is 170 Å². The molecule has 0 radical (unpaired) electrons. The Hall–Kier alpha value is -7.48. The van der Waals surface area contributed by atoms with Crippen LogP contribution in [-0.2, 0) is 0 Å². The molecule has 0 aliphatic rings. The highest BCUT2D eigenvalue weighted by Crippen LogP contribution is 2.41. The maximum atomic E-state index is 9.57. The van der Waals surface area contributed by atoms with Crippen molar-refractivity contribution in [3.63, 3.8) is 0 Å². The van der Waals surface area contributed by atoms with Gasteiger partial charge in [-0.15, -0.1) is 0 Å². The van der Waals surface area contributed by atoms with Crippen molar-refractivity contribution in [3.05, 3.63) is 224 Å². The van der Waals surface area contributed by atoms with Gasteiger partial charge in [0.15, 0.2) is 0 Å². The van der Waals surface area contributed by atoms with Crippen molar-refractivity contribution < 1.29 is 5.48 Å². The van der Waals surface area contributed by atoms with Gasteiger partial charge in [0.2, 0.25) is 0 Å². The molecule has 0 aliphatic heterocycles. The average molecular weight is 728 g/mol. The van der Waals surface area contributed by atoms with Crippen molar-refractivity contribution in [2.24, 2.45) is 0 Å². The summed E-state index contributed by atoms with van der Waals surface area (Å²) >= 11 is 0. The normalized spacial score (nSPS) is 12.5. The SMILES string of the molecule is [2H]c1c([2H])c(N(c2ccc(-c3cc4ccccc4c4ccccc34)cc2)c2ccc(-c3cc4ccccc4c4ccccc34)cc2)c([2H])c([2H])c1-c1ccc2ccccc2c1. The summed E-state index contributed by atoms with van der Waals surface area (Å²) in [5.74, 6) is 0. The molecule has 0 atom stereocenters. The number of anilines is 3. The molecule has 0 aromatic heterocycles. The molecule has 0 fully saturated rings. The van der Waals surface area contributed by atoms with Crippen LogP contribution in [0.5, 0.6) is 0 Å². The van der Waals surface area contributed by atoms with Crippen molar-refractivity contribution in [1.29, 1.82) is 0 Å². The zero-order chi connectivity index (χ0) is 41.2. The van der Waals surface area contributed by atoms with E-state index in [-0.39, 0.29) is 35.4 Å². The van der Waals surface area contributed by atoms with E-state index in [2.05, 4.69) is 133 Å². The molecule has 0 amide bonds. The fraction of sp³-hybridized carbons (Fsp3) is 0. The van der Waals surface area contributed by atoms with Gasteiger partial charge >= 0.3 is 0 Å². The monoisotopic (exact) mass is 727 g/mol. The Morgan fingerprint density at radius 3 is 1.18 bits per heavy atom. The summed E-state index contributed by atoms with van der Waals surface area (Å²) in [6.45, 7) is 0. The lowest BCUT2D eigenvalue weighted by Gasteiger charge is -2.26. The Bertz CT molecular complexity index is 3330. The second kappa shape index (κ2) is 13.7. The summed E-state index contributed by atoms with van der Waals surface area (Å²) in [5, 5.41) is 11.5. The minimum atomic E-state index is -0.113. The average Bonchev–Trinajstić information content (AvgIpc) is 3.32. The van der Waals surface area contributed by atoms with Gasteiger partial charge in [0.05, 0.1) is 5.48 Å². The Morgan fingerprint density at radius 2 is 0.667 bits per heavy atom. The van der Waals surface area contributed by atoms with Crippen molar-refractivity contribution in [2.45, 2.75) is 0 Å². The maximum Gasteiger partial charge on any atom is 0.0645 e. The second-order valence-corrected chi connectivity index (χ2v) is 14.6. The Balaban J connectivity index is 1.08. The van der Waals surface area contributed by atoms with Crippen molar-refractivity contribution in [1.82, 2.24) is 0 Å². The van der Waals surface area contributed by atoms with Crippen LogP contribution in [0, 0.1) is 0 Å². The van der Waals surface area contributed by atoms with E-state index in [0.29, 0.717) is 5.56 Å². The molecule has 57 heavy (non-hydrogen) atoms. The van der Waals surface area contributed by atoms with E-state index >= 15 is 0 Å². The molecule has 0 heterocycles. The third-order valence-electron chi connectivity index (χ3n) is 11.3. The van der Waals surface area contributed by atoms with Gasteiger partial charge in [-0.05, 0) is 142 Å². The maximum absolute atomic E-state index is 9.57. The first kappa shape index (κ1) is 28.9. The summed E-state index contributed by atoms with van der Waals surface area (Å²) < 4.78 is 37.9. The molecular weight excluding hydrogens is 687 g/mol. The van der Waals surface area contributed by atoms with Gasteiger partial charge < -0.3 is 4.90 Å². The van der Waals surface area contributed by atoms with Crippen LogP contribution in [0.3, 0.4) is 0 Å². The molecule has 0 saturated carbocycles. The number of benzene rings is 11.